The molecule has 13 nitrogen and oxygen atoms in total. The Hall–Kier alpha value is -3.03. The Morgan fingerprint density at radius 2 is 1.67 bits per heavy atom. The number of amides is 3. The molecule has 1 rings (SSSR count). The second-order valence-electron chi connectivity index (χ2n) is 6.90. The number of aliphatic hydroxyl groups excluding tert-OH is 2. The van der Waals surface area contributed by atoms with Crippen LogP contribution in [0.1, 0.15) is 26.5 Å². The SMILES string of the molecule is CC(NC(=O)C(NC(=O)C(N)C(C)O)C(C)O)C(=O)NC(Cc1cnc[nH]1)C(=O)O. The molecule has 0 aliphatic heterocycles. The molecular formula is C17H28N6O7. The number of hydrogen-bond acceptors (Lipinski definition) is 8. The largest absolute Gasteiger partial charge is 0.480 e. The molecule has 30 heavy (non-hydrogen) atoms. The van der Waals surface area contributed by atoms with E-state index in [0.717, 1.165) is 0 Å². The third kappa shape index (κ3) is 7.42. The van der Waals surface area contributed by atoms with Gasteiger partial charge in [0.2, 0.25) is 17.7 Å². The Labute approximate surface area is 172 Å². The summed E-state index contributed by atoms with van der Waals surface area (Å²) in [5, 5.41) is 35.3. The summed E-state index contributed by atoms with van der Waals surface area (Å²) in [6.45, 7) is 3.84. The average Bonchev–Trinajstić information content (AvgIpc) is 3.16. The van der Waals surface area contributed by atoms with Crippen LogP contribution in [0.2, 0.25) is 0 Å². The van der Waals surface area contributed by atoms with Crippen molar-refractivity contribution in [2.24, 2.45) is 5.73 Å². The van der Waals surface area contributed by atoms with Crippen LogP contribution in [0.15, 0.2) is 12.5 Å². The lowest BCUT2D eigenvalue weighted by Crippen LogP contribution is -2.60. The molecule has 1 heterocycles. The van der Waals surface area contributed by atoms with Gasteiger partial charge in [0.05, 0.1) is 18.5 Å². The lowest BCUT2D eigenvalue weighted by Gasteiger charge is -2.25. The van der Waals surface area contributed by atoms with Crippen LogP contribution < -0.4 is 21.7 Å². The Morgan fingerprint density at radius 3 is 2.13 bits per heavy atom. The molecule has 6 unspecified atom stereocenters. The number of rotatable bonds is 11. The minimum Gasteiger partial charge on any atom is -0.480 e. The second kappa shape index (κ2) is 11.2. The molecule has 1 aromatic heterocycles. The van der Waals surface area contributed by atoms with Gasteiger partial charge in [-0.05, 0) is 20.8 Å². The molecule has 0 saturated carbocycles. The summed E-state index contributed by atoms with van der Waals surface area (Å²) in [5.74, 6) is -3.82. The van der Waals surface area contributed by atoms with E-state index in [1.165, 1.54) is 33.3 Å². The Balaban J connectivity index is 2.73. The number of nitrogens with zero attached hydrogens (tertiary/aromatic N) is 1. The van der Waals surface area contributed by atoms with Crippen molar-refractivity contribution in [3.8, 4) is 0 Å². The van der Waals surface area contributed by atoms with Gasteiger partial charge in [0.25, 0.3) is 0 Å². The van der Waals surface area contributed by atoms with Gasteiger partial charge in [-0.2, -0.15) is 0 Å². The summed E-state index contributed by atoms with van der Waals surface area (Å²) < 4.78 is 0. The summed E-state index contributed by atoms with van der Waals surface area (Å²) in [4.78, 5) is 54.6. The molecule has 0 spiro atoms. The van der Waals surface area contributed by atoms with Crippen molar-refractivity contribution in [3.05, 3.63) is 18.2 Å². The summed E-state index contributed by atoms with van der Waals surface area (Å²) in [6, 6.07) is -5.21. The smallest absolute Gasteiger partial charge is 0.326 e. The van der Waals surface area contributed by atoms with E-state index in [-0.39, 0.29) is 6.42 Å². The third-order valence-corrected chi connectivity index (χ3v) is 4.23. The van der Waals surface area contributed by atoms with E-state index in [4.69, 9.17) is 5.73 Å². The number of carbonyl (C=O) groups is 4. The van der Waals surface area contributed by atoms with Crippen molar-refractivity contribution in [1.29, 1.82) is 0 Å². The van der Waals surface area contributed by atoms with Crippen LogP contribution in [-0.4, -0.2) is 85.4 Å². The van der Waals surface area contributed by atoms with E-state index in [0.29, 0.717) is 5.69 Å². The maximum atomic E-state index is 12.4. The van der Waals surface area contributed by atoms with Crippen LogP contribution in [0.3, 0.4) is 0 Å². The fourth-order valence-corrected chi connectivity index (χ4v) is 2.36. The van der Waals surface area contributed by atoms with E-state index in [2.05, 4.69) is 25.9 Å². The van der Waals surface area contributed by atoms with Gasteiger partial charge in [-0.25, -0.2) is 9.78 Å². The van der Waals surface area contributed by atoms with Gasteiger partial charge in [0, 0.05) is 18.3 Å². The first-order valence-electron chi connectivity index (χ1n) is 9.16. The van der Waals surface area contributed by atoms with Crippen molar-refractivity contribution >= 4 is 23.7 Å². The van der Waals surface area contributed by atoms with Gasteiger partial charge in [-0.15, -0.1) is 0 Å². The van der Waals surface area contributed by atoms with Crippen molar-refractivity contribution < 1.29 is 34.5 Å². The molecule has 0 aromatic carbocycles. The molecule has 0 radical (unpaired) electrons. The van der Waals surface area contributed by atoms with Crippen molar-refractivity contribution in [3.63, 3.8) is 0 Å². The molecule has 6 atom stereocenters. The number of carboxylic acid groups (broad SMARTS) is 1. The molecule has 0 fully saturated rings. The number of imidazole rings is 1. The average molecular weight is 428 g/mol. The molecule has 0 aliphatic carbocycles. The number of aliphatic carboxylic acids is 1. The normalized spacial score (nSPS) is 17.0. The Kier molecular flexibility index (Phi) is 9.36. The number of aromatic amines is 1. The van der Waals surface area contributed by atoms with E-state index < -0.39 is 60.1 Å². The third-order valence-electron chi connectivity index (χ3n) is 4.23. The van der Waals surface area contributed by atoms with Gasteiger partial charge in [-0.3, -0.25) is 14.4 Å². The number of carboxylic acids is 1. The number of H-pyrrole nitrogens is 1. The molecule has 9 N–H and O–H groups in total. The molecule has 13 heteroatoms. The number of aromatic nitrogens is 2. The van der Waals surface area contributed by atoms with Crippen LogP contribution in [0.5, 0.6) is 0 Å². The summed E-state index contributed by atoms with van der Waals surface area (Å²) in [5.41, 5.74) is 5.99. The lowest BCUT2D eigenvalue weighted by molar-refractivity contribution is -0.142. The highest BCUT2D eigenvalue weighted by Gasteiger charge is 2.31. The highest BCUT2D eigenvalue weighted by atomic mass is 16.4. The number of carbonyl (C=O) groups excluding carboxylic acids is 3. The first kappa shape index (κ1) is 25.0. The Bertz CT molecular complexity index is 737. The van der Waals surface area contributed by atoms with Gasteiger partial charge in [-0.1, -0.05) is 0 Å². The summed E-state index contributed by atoms with van der Waals surface area (Å²) in [6.07, 6.45) is 0.215. The molecule has 168 valence electrons. The lowest BCUT2D eigenvalue weighted by atomic mass is 10.1. The maximum absolute atomic E-state index is 12.4. The van der Waals surface area contributed by atoms with Crippen molar-refractivity contribution in [2.75, 3.05) is 0 Å². The van der Waals surface area contributed by atoms with E-state index in [1.807, 2.05) is 0 Å². The van der Waals surface area contributed by atoms with Gasteiger partial charge in [0.15, 0.2) is 0 Å². The quantitative estimate of drug-likeness (QED) is 0.176. The maximum Gasteiger partial charge on any atom is 0.326 e. The standard InChI is InChI=1S/C17H28N6O7/c1-7(14(26)22-11(17(29)30)4-10-5-19-6-20-10)21-16(28)13(9(3)25)23-15(27)12(18)8(2)24/h5-9,11-13,24-25H,4,18H2,1-3H3,(H,19,20)(H,21,28)(H,22,26)(H,23,27)(H,29,30). The van der Waals surface area contributed by atoms with E-state index in [1.54, 1.807) is 0 Å². The highest BCUT2D eigenvalue weighted by Crippen LogP contribution is 2.01. The first-order chi connectivity index (χ1) is 13.9. The topological polar surface area (TPSA) is 220 Å². The fraction of sp³-hybridized carbons (Fsp3) is 0.588. The minimum atomic E-state index is -1.45. The summed E-state index contributed by atoms with van der Waals surface area (Å²) >= 11 is 0. The van der Waals surface area contributed by atoms with Gasteiger partial charge >= 0.3 is 5.97 Å². The Morgan fingerprint density at radius 1 is 1.03 bits per heavy atom. The zero-order valence-electron chi connectivity index (χ0n) is 16.8. The van der Waals surface area contributed by atoms with Gasteiger partial charge < -0.3 is 42.0 Å². The van der Waals surface area contributed by atoms with Crippen molar-refractivity contribution in [1.82, 2.24) is 25.9 Å². The number of nitrogens with two attached hydrogens (primary N) is 1. The second-order valence-corrected chi connectivity index (χ2v) is 6.90. The highest BCUT2D eigenvalue weighted by molar-refractivity contribution is 5.94. The predicted octanol–water partition coefficient (Wildman–Crippen LogP) is -3.40. The van der Waals surface area contributed by atoms with Crippen LogP contribution in [0.4, 0.5) is 0 Å². The predicted molar refractivity (Wildman–Crippen MR) is 103 cm³/mol. The van der Waals surface area contributed by atoms with E-state index in [9.17, 15) is 34.5 Å². The molecule has 0 aliphatic rings. The molecule has 1 aromatic rings. The van der Waals surface area contributed by atoms with Crippen LogP contribution in [0, 0.1) is 0 Å². The summed E-state index contributed by atoms with van der Waals surface area (Å²) in [7, 11) is 0. The monoisotopic (exact) mass is 428 g/mol. The molecule has 0 saturated heterocycles. The van der Waals surface area contributed by atoms with Crippen LogP contribution >= 0.6 is 0 Å². The van der Waals surface area contributed by atoms with Crippen LogP contribution in [-0.2, 0) is 25.6 Å². The fourth-order valence-electron chi connectivity index (χ4n) is 2.36. The molecule has 0 bridgehead atoms. The van der Waals surface area contributed by atoms with Crippen LogP contribution in [0.25, 0.3) is 0 Å². The zero-order valence-corrected chi connectivity index (χ0v) is 16.8. The van der Waals surface area contributed by atoms with E-state index >= 15 is 0 Å². The van der Waals surface area contributed by atoms with Gasteiger partial charge in [0.1, 0.15) is 24.2 Å². The zero-order chi connectivity index (χ0) is 23.0. The number of aliphatic hydroxyl groups is 2. The first-order valence-corrected chi connectivity index (χ1v) is 9.16. The number of hydrogen-bond donors (Lipinski definition) is 8. The minimum absolute atomic E-state index is 0.0503. The number of nitrogens with one attached hydrogen (secondary N) is 4. The molecule has 3 amide bonds. The molecular weight excluding hydrogens is 400 g/mol. The van der Waals surface area contributed by atoms with Crippen molar-refractivity contribution in [2.45, 2.75) is 63.6 Å².